The summed E-state index contributed by atoms with van der Waals surface area (Å²) in [6.07, 6.45) is 12.1. The number of halogens is 2. The zero-order chi connectivity index (χ0) is 23.6. The summed E-state index contributed by atoms with van der Waals surface area (Å²) in [4.78, 5) is 27.6. The molecular weight excluding hydrogens is 444 g/mol. The largest absolute Gasteiger partial charge is 0.502 e. The van der Waals surface area contributed by atoms with Crippen LogP contribution in [0.15, 0.2) is 47.4 Å². The molecule has 0 saturated heterocycles. The molecular formula is C25H23F2N3O4. The van der Waals surface area contributed by atoms with E-state index >= 15 is 4.39 Å². The minimum Gasteiger partial charge on any atom is -0.502 e. The maximum Gasteiger partial charge on any atom is 0.278 e. The Balaban J connectivity index is 1.65. The van der Waals surface area contributed by atoms with Crippen LogP contribution in [-0.2, 0) is 6.42 Å². The normalized spacial score (nSPS) is 23.2. The minimum atomic E-state index is -1.05. The van der Waals surface area contributed by atoms with Gasteiger partial charge in [0.2, 0.25) is 11.2 Å². The van der Waals surface area contributed by atoms with E-state index in [2.05, 4.69) is 0 Å². The summed E-state index contributed by atoms with van der Waals surface area (Å²) in [5, 5.41) is 12.5. The third kappa shape index (κ3) is 2.85. The lowest BCUT2D eigenvalue weighted by molar-refractivity contribution is 0.0249. The van der Waals surface area contributed by atoms with Crippen LogP contribution in [0.2, 0.25) is 0 Å². The number of rotatable bonds is 0. The average molecular weight is 467 g/mol. The fourth-order valence-electron chi connectivity index (χ4n) is 5.56. The van der Waals surface area contributed by atoms with Crippen LogP contribution in [0.5, 0.6) is 11.5 Å². The van der Waals surface area contributed by atoms with Crippen molar-refractivity contribution in [3.63, 3.8) is 0 Å². The maximum atomic E-state index is 15.1. The second-order valence-electron chi connectivity index (χ2n) is 9.21. The Morgan fingerprint density at radius 2 is 1.97 bits per heavy atom. The zero-order valence-electron chi connectivity index (χ0n) is 18.3. The molecule has 1 aromatic carbocycles. The predicted molar refractivity (Wildman–Crippen MR) is 119 cm³/mol. The third-order valence-electron chi connectivity index (χ3n) is 7.43. The lowest BCUT2D eigenvalue weighted by Gasteiger charge is -2.53. The van der Waals surface area contributed by atoms with Crippen molar-refractivity contribution in [3.8, 4) is 11.5 Å². The number of fused-ring (bicyclic) bond motifs is 6. The molecule has 9 heteroatoms. The van der Waals surface area contributed by atoms with Crippen LogP contribution in [0.25, 0.3) is 0 Å². The molecule has 1 atom stereocenters. The first-order valence-corrected chi connectivity index (χ1v) is 11.4. The maximum absolute atomic E-state index is 15.1. The number of benzene rings is 1. The van der Waals surface area contributed by atoms with E-state index in [9.17, 15) is 19.1 Å². The number of pyridine rings is 1. The van der Waals surface area contributed by atoms with Crippen LogP contribution in [0.3, 0.4) is 0 Å². The summed E-state index contributed by atoms with van der Waals surface area (Å²) in [7, 11) is 0. The summed E-state index contributed by atoms with van der Waals surface area (Å²) in [5.74, 6) is -3.24. The second-order valence-corrected chi connectivity index (χ2v) is 9.21. The van der Waals surface area contributed by atoms with E-state index in [0.717, 1.165) is 6.42 Å². The van der Waals surface area contributed by atoms with Gasteiger partial charge in [0.1, 0.15) is 13.3 Å². The standard InChI is InChI=1S/C25H23F2N3O4/c26-16-13-15-5-1-2-6-17-19(15)23(20(16)27)34-12-4-10-25(8-3-9-25)28-14-30(17)29-11-7-18(31)22(32)21(29)24(28)33/h1-2,4,7,10-11,13,17,32H,3,5-6,8-9,12,14H2/b10-4+. The van der Waals surface area contributed by atoms with Crippen molar-refractivity contribution in [1.29, 1.82) is 0 Å². The molecule has 1 aromatic heterocycles. The lowest BCUT2D eigenvalue weighted by atomic mass is 9.74. The predicted octanol–water partition coefficient (Wildman–Crippen LogP) is 3.30. The molecule has 2 aromatic rings. The van der Waals surface area contributed by atoms with Crippen molar-refractivity contribution in [1.82, 2.24) is 9.58 Å². The Labute approximate surface area is 194 Å². The molecule has 3 heterocycles. The SMILES string of the molecule is O=C1c2c(O)c(=O)ccn2N2CN1C1(/C=C/COc3c(F)c(F)cc4c3C2CC=CC4)CCC1. The zero-order valence-corrected chi connectivity index (χ0v) is 18.3. The van der Waals surface area contributed by atoms with Gasteiger partial charge in [-0.15, -0.1) is 0 Å². The Morgan fingerprint density at radius 1 is 1.15 bits per heavy atom. The highest BCUT2D eigenvalue weighted by Crippen LogP contribution is 2.45. The van der Waals surface area contributed by atoms with Crippen molar-refractivity contribution in [2.24, 2.45) is 0 Å². The van der Waals surface area contributed by atoms with Gasteiger partial charge >= 0.3 is 0 Å². The Bertz CT molecular complexity index is 1330. The number of allylic oxidation sites excluding steroid dienone is 1. The van der Waals surface area contributed by atoms with Gasteiger partial charge in [0.05, 0.1) is 11.6 Å². The minimum absolute atomic E-state index is 0.0206. The van der Waals surface area contributed by atoms with Crippen LogP contribution in [0.4, 0.5) is 8.78 Å². The van der Waals surface area contributed by atoms with Crippen LogP contribution in [0.1, 0.15) is 53.3 Å². The molecule has 6 rings (SSSR count). The molecule has 7 nitrogen and oxygen atoms in total. The molecule has 34 heavy (non-hydrogen) atoms. The highest BCUT2D eigenvalue weighted by molar-refractivity contribution is 5.97. The van der Waals surface area contributed by atoms with Crippen molar-refractivity contribution in [3.05, 3.63) is 81.3 Å². The number of nitrogens with zero attached hydrogens (tertiary/aromatic N) is 3. The number of ether oxygens (including phenoxy) is 1. The summed E-state index contributed by atoms with van der Waals surface area (Å²) in [5.41, 5.74) is -0.295. The van der Waals surface area contributed by atoms with Gasteiger partial charge < -0.3 is 14.7 Å². The monoisotopic (exact) mass is 467 g/mol. The van der Waals surface area contributed by atoms with Crippen molar-refractivity contribution >= 4 is 5.91 Å². The van der Waals surface area contributed by atoms with Crippen LogP contribution < -0.4 is 15.2 Å². The fraction of sp³-hybridized carbons (Fsp3) is 0.360. The first-order valence-electron chi connectivity index (χ1n) is 11.4. The van der Waals surface area contributed by atoms with Crippen LogP contribution in [-0.4, -0.2) is 39.4 Å². The first kappa shape index (κ1) is 20.9. The molecule has 1 fully saturated rings. The van der Waals surface area contributed by atoms with Crippen molar-refractivity contribution in [2.75, 3.05) is 18.3 Å². The molecule has 1 N–H and O–H groups in total. The number of amides is 1. The Kier molecular flexibility index (Phi) is 4.59. The van der Waals surface area contributed by atoms with Gasteiger partial charge in [-0.05, 0) is 49.8 Å². The van der Waals surface area contributed by atoms with Crippen LogP contribution in [0, 0.1) is 11.6 Å². The Hall–Kier alpha value is -3.62. The number of hydrogen-bond donors (Lipinski definition) is 1. The number of aromatic hydroxyl groups is 1. The van der Waals surface area contributed by atoms with Gasteiger partial charge in [-0.3, -0.25) is 19.3 Å². The first-order chi connectivity index (χ1) is 16.4. The van der Waals surface area contributed by atoms with Gasteiger partial charge in [-0.1, -0.05) is 18.2 Å². The Morgan fingerprint density at radius 3 is 2.74 bits per heavy atom. The second kappa shape index (κ2) is 7.44. The summed E-state index contributed by atoms with van der Waals surface area (Å²) >= 11 is 0. The highest BCUT2D eigenvalue weighted by Gasteiger charge is 2.49. The molecule has 1 unspecified atom stereocenters. The lowest BCUT2D eigenvalue weighted by Crippen LogP contribution is -2.64. The summed E-state index contributed by atoms with van der Waals surface area (Å²) < 4.78 is 36.9. The van der Waals surface area contributed by atoms with E-state index in [1.807, 2.05) is 23.2 Å². The summed E-state index contributed by atoms with van der Waals surface area (Å²) in [6, 6.07) is 1.85. The highest BCUT2D eigenvalue weighted by atomic mass is 19.2. The van der Waals surface area contributed by atoms with E-state index in [1.54, 1.807) is 11.0 Å². The number of hydrogen-bond acceptors (Lipinski definition) is 5. The molecule has 2 bridgehead atoms. The van der Waals surface area contributed by atoms with Crippen molar-refractivity contribution < 1.29 is 23.4 Å². The van der Waals surface area contributed by atoms with Gasteiger partial charge in [-0.25, -0.2) is 4.39 Å². The molecule has 2 aliphatic carbocycles. The van der Waals surface area contributed by atoms with Gasteiger partial charge in [-0.2, -0.15) is 4.39 Å². The molecule has 0 radical (unpaired) electrons. The topological polar surface area (TPSA) is 75.0 Å². The molecule has 1 amide bonds. The van der Waals surface area contributed by atoms with E-state index in [1.165, 1.54) is 23.0 Å². The van der Waals surface area contributed by atoms with E-state index in [4.69, 9.17) is 4.74 Å². The van der Waals surface area contributed by atoms with E-state index in [-0.39, 0.29) is 24.7 Å². The van der Waals surface area contributed by atoms with E-state index < -0.39 is 40.3 Å². The molecule has 1 spiro atoms. The number of carbonyl (C=O) groups excluding carboxylic acids is 1. The average Bonchev–Trinajstić information content (AvgIpc) is 3.01. The van der Waals surface area contributed by atoms with Gasteiger partial charge in [0.25, 0.3) is 5.91 Å². The smallest absolute Gasteiger partial charge is 0.278 e. The molecule has 4 aliphatic rings. The van der Waals surface area contributed by atoms with Gasteiger partial charge in [0, 0.05) is 17.8 Å². The van der Waals surface area contributed by atoms with Crippen molar-refractivity contribution in [2.45, 2.75) is 43.7 Å². The van der Waals surface area contributed by atoms with E-state index in [0.29, 0.717) is 36.8 Å². The molecule has 2 aliphatic heterocycles. The summed E-state index contributed by atoms with van der Waals surface area (Å²) in [6.45, 7) is 0.168. The quantitative estimate of drug-likeness (QED) is 0.602. The number of aromatic nitrogens is 1. The van der Waals surface area contributed by atoms with Crippen LogP contribution >= 0.6 is 0 Å². The molecule has 1 saturated carbocycles. The fourth-order valence-corrected chi connectivity index (χ4v) is 5.56. The third-order valence-corrected chi connectivity index (χ3v) is 7.43. The number of carbonyl (C=O) groups is 1. The van der Waals surface area contributed by atoms with Gasteiger partial charge in [0.15, 0.2) is 23.0 Å². The molecule has 176 valence electrons.